The minimum atomic E-state index is -5.08. The van der Waals surface area contributed by atoms with Crippen molar-refractivity contribution in [2.45, 2.75) is 12.7 Å². The van der Waals surface area contributed by atoms with Crippen LogP contribution in [0.2, 0.25) is 0 Å². The van der Waals surface area contributed by atoms with Gasteiger partial charge in [0.25, 0.3) is 0 Å². The van der Waals surface area contributed by atoms with Gasteiger partial charge in [-0.1, -0.05) is 6.07 Å². The number of aliphatic carboxylic acids is 1. The van der Waals surface area contributed by atoms with Gasteiger partial charge in [0.15, 0.2) is 0 Å². The van der Waals surface area contributed by atoms with Crippen molar-refractivity contribution >= 4 is 28.9 Å². The molecule has 0 unspecified atom stereocenters. The molecule has 2 fully saturated rings. The highest BCUT2D eigenvalue weighted by atomic mass is 32.1. The lowest BCUT2D eigenvalue weighted by Crippen LogP contribution is -2.32. The molecule has 4 heterocycles. The van der Waals surface area contributed by atoms with E-state index in [4.69, 9.17) is 9.90 Å². The second-order valence-electron chi connectivity index (χ2n) is 6.66. The first-order chi connectivity index (χ1) is 13.3. The minimum absolute atomic E-state index is 0.168. The fraction of sp³-hybridized carbons (Fsp3) is 0.389. The molecule has 2 atom stereocenters. The molecule has 0 aliphatic carbocycles. The van der Waals surface area contributed by atoms with E-state index in [2.05, 4.69) is 21.3 Å². The normalized spacial score (nSPS) is 22.0. The van der Waals surface area contributed by atoms with E-state index in [0.717, 1.165) is 31.9 Å². The summed E-state index contributed by atoms with van der Waals surface area (Å²) in [6, 6.07) is 6.10. The van der Waals surface area contributed by atoms with Crippen LogP contribution < -0.4 is 4.90 Å². The first kappa shape index (κ1) is 20.3. The Balaban J connectivity index is 0.000000279. The van der Waals surface area contributed by atoms with Gasteiger partial charge >= 0.3 is 12.1 Å². The molecule has 0 spiro atoms. The molecule has 6 nitrogen and oxygen atoms in total. The van der Waals surface area contributed by atoms with Crippen LogP contribution in [0, 0.1) is 11.8 Å². The Morgan fingerprint density at radius 3 is 2.57 bits per heavy atom. The van der Waals surface area contributed by atoms with E-state index in [0.29, 0.717) is 11.8 Å². The molecule has 2 aliphatic rings. The molecule has 0 bridgehead atoms. The molecule has 1 amide bonds. The van der Waals surface area contributed by atoms with Crippen LogP contribution in [0.25, 0.3) is 0 Å². The molecule has 0 saturated carbocycles. The zero-order valence-electron chi connectivity index (χ0n) is 14.7. The van der Waals surface area contributed by atoms with Gasteiger partial charge in [0.1, 0.15) is 0 Å². The number of pyridine rings is 1. The number of amides is 1. The number of nitrogens with zero attached hydrogens (tertiary/aromatic N) is 3. The Morgan fingerprint density at radius 1 is 1.29 bits per heavy atom. The first-order valence-corrected chi connectivity index (χ1v) is 9.45. The van der Waals surface area contributed by atoms with Gasteiger partial charge in [-0.2, -0.15) is 24.5 Å². The molecule has 2 saturated heterocycles. The summed E-state index contributed by atoms with van der Waals surface area (Å²) in [5.74, 6) is -1.82. The predicted octanol–water partition coefficient (Wildman–Crippen LogP) is 2.87. The monoisotopic (exact) mass is 413 g/mol. The standard InChI is InChI=1S/C16H17N3OS.C2HF3O2/c20-16-15-10-18(7-12-2-1-4-17-6-12)8-13(15)9-19(16)14-3-5-21-11-14;3-2(4,5)1(6)7/h1-6,11,13,15H,7-10H2;(H,6,7)/t13-,15-;/m0./s1. The maximum absolute atomic E-state index is 12.6. The summed E-state index contributed by atoms with van der Waals surface area (Å²) in [6.45, 7) is 3.64. The molecule has 28 heavy (non-hydrogen) atoms. The number of hydrogen-bond donors (Lipinski definition) is 1. The number of carbonyl (C=O) groups is 2. The summed E-state index contributed by atoms with van der Waals surface area (Å²) >= 11 is 1.65. The van der Waals surface area contributed by atoms with E-state index >= 15 is 0 Å². The molecule has 4 rings (SSSR count). The van der Waals surface area contributed by atoms with Crippen molar-refractivity contribution < 1.29 is 27.9 Å². The van der Waals surface area contributed by atoms with E-state index < -0.39 is 12.1 Å². The number of aromatic nitrogens is 1. The Kier molecular flexibility index (Phi) is 5.99. The maximum Gasteiger partial charge on any atom is 0.490 e. The van der Waals surface area contributed by atoms with Crippen molar-refractivity contribution in [1.29, 1.82) is 0 Å². The average Bonchev–Trinajstić information content (AvgIpc) is 3.34. The molecule has 0 aromatic carbocycles. The number of carboxylic acids is 1. The van der Waals surface area contributed by atoms with E-state index in [1.165, 1.54) is 5.56 Å². The van der Waals surface area contributed by atoms with Crippen molar-refractivity contribution in [3.05, 3.63) is 46.9 Å². The fourth-order valence-electron chi connectivity index (χ4n) is 3.47. The number of rotatable bonds is 3. The van der Waals surface area contributed by atoms with Gasteiger partial charge in [-0.3, -0.25) is 14.7 Å². The lowest BCUT2D eigenvalue weighted by Gasteiger charge is -2.20. The molecular weight excluding hydrogens is 395 g/mol. The number of likely N-dealkylation sites (tertiary alicyclic amines) is 1. The molecule has 0 radical (unpaired) electrons. The summed E-state index contributed by atoms with van der Waals surface area (Å²) in [6.07, 6.45) is -1.38. The number of hydrogen-bond acceptors (Lipinski definition) is 5. The average molecular weight is 413 g/mol. The Labute approximate surface area is 163 Å². The third-order valence-corrected chi connectivity index (χ3v) is 5.38. The van der Waals surface area contributed by atoms with Crippen LogP contribution in [-0.2, 0) is 16.1 Å². The van der Waals surface area contributed by atoms with Crippen molar-refractivity contribution in [2.24, 2.45) is 11.8 Å². The van der Waals surface area contributed by atoms with Crippen LogP contribution in [0.15, 0.2) is 41.4 Å². The van der Waals surface area contributed by atoms with E-state index in [1.807, 2.05) is 28.6 Å². The largest absolute Gasteiger partial charge is 0.490 e. The van der Waals surface area contributed by atoms with Gasteiger partial charge in [-0.25, -0.2) is 4.79 Å². The van der Waals surface area contributed by atoms with Crippen molar-refractivity contribution in [1.82, 2.24) is 9.88 Å². The van der Waals surface area contributed by atoms with Crippen molar-refractivity contribution in [2.75, 3.05) is 24.5 Å². The van der Waals surface area contributed by atoms with Crippen LogP contribution in [0.3, 0.4) is 0 Å². The summed E-state index contributed by atoms with van der Waals surface area (Å²) in [7, 11) is 0. The number of halogens is 3. The van der Waals surface area contributed by atoms with E-state index in [-0.39, 0.29) is 5.92 Å². The SMILES string of the molecule is O=C(O)C(F)(F)F.O=C1[C@H]2CN(Cc3cccnc3)C[C@H]2CN1c1ccsc1. The Morgan fingerprint density at radius 2 is 2.04 bits per heavy atom. The van der Waals surface area contributed by atoms with Crippen LogP contribution in [0.1, 0.15) is 5.56 Å². The number of anilines is 1. The fourth-order valence-corrected chi connectivity index (χ4v) is 4.11. The quantitative estimate of drug-likeness (QED) is 0.838. The van der Waals surface area contributed by atoms with Crippen LogP contribution in [0.5, 0.6) is 0 Å². The number of fused-ring (bicyclic) bond motifs is 1. The third-order valence-electron chi connectivity index (χ3n) is 4.71. The molecule has 2 aromatic heterocycles. The predicted molar refractivity (Wildman–Crippen MR) is 96.9 cm³/mol. The smallest absolute Gasteiger partial charge is 0.475 e. The number of thiophene rings is 1. The molecule has 10 heteroatoms. The van der Waals surface area contributed by atoms with Crippen LogP contribution >= 0.6 is 11.3 Å². The summed E-state index contributed by atoms with van der Waals surface area (Å²) in [5.41, 5.74) is 2.29. The Bertz CT molecular complexity index is 814. The maximum atomic E-state index is 12.6. The van der Waals surface area contributed by atoms with Gasteiger partial charge in [0.2, 0.25) is 5.91 Å². The highest BCUT2D eigenvalue weighted by Crippen LogP contribution is 2.36. The number of carbonyl (C=O) groups excluding carboxylic acids is 1. The molecule has 1 N–H and O–H groups in total. The number of carboxylic acid groups (broad SMARTS) is 1. The van der Waals surface area contributed by atoms with E-state index in [9.17, 15) is 18.0 Å². The zero-order chi connectivity index (χ0) is 20.3. The summed E-state index contributed by atoms with van der Waals surface area (Å²) < 4.78 is 31.7. The van der Waals surface area contributed by atoms with Gasteiger partial charge in [0, 0.05) is 49.9 Å². The van der Waals surface area contributed by atoms with Crippen LogP contribution in [-0.4, -0.2) is 52.7 Å². The topological polar surface area (TPSA) is 73.7 Å². The van der Waals surface area contributed by atoms with Gasteiger partial charge in [-0.05, 0) is 23.1 Å². The van der Waals surface area contributed by atoms with Crippen molar-refractivity contribution in [3.63, 3.8) is 0 Å². The second kappa shape index (κ2) is 8.27. The highest BCUT2D eigenvalue weighted by Gasteiger charge is 2.46. The van der Waals surface area contributed by atoms with Gasteiger partial charge in [-0.15, -0.1) is 0 Å². The summed E-state index contributed by atoms with van der Waals surface area (Å²) in [5, 5.41) is 11.2. The van der Waals surface area contributed by atoms with Crippen molar-refractivity contribution in [3.8, 4) is 0 Å². The molecule has 2 aliphatic heterocycles. The lowest BCUT2D eigenvalue weighted by molar-refractivity contribution is -0.192. The molecule has 2 aromatic rings. The van der Waals surface area contributed by atoms with Gasteiger partial charge in [0.05, 0.1) is 11.6 Å². The zero-order valence-corrected chi connectivity index (χ0v) is 15.5. The van der Waals surface area contributed by atoms with Gasteiger partial charge < -0.3 is 10.0 Å². The number of alkyl halides is 3. The minimum Gasteiger partial charge on any atom is -0.475 e. The summed E-state index contributed by atoms with van der Waals surface area (Å²) in [4.78, 5) is 30.0. The first-order valence-electron chi connectivity index (χ1n) is 8.50. The van der Waals surface area contributed by atoms with E-state index in [1.54, 1.807) is 17.5 Å². The van der Waals surface area contributed by atoms with Crippen LogP contribution in [0.4, 0.5) is 18.9 Å². The highest BCUT2D eigenvalue weighted by molar-refractivity contribution is 7.08. The lowest BCUT2D eigenvalue weighted by atomic mass is 10.0. The second-order valence-corrected chi connectivity index (χ2v) is 7.44. The Hall–Kier alpha value is -2.46. The molecular formula is C18H18F3N3O3S. The molecule has 150 valence electrons. The third kappa shape index (κ3) is 4.68.